The van der Waals surface area contributed by atoms with Gasteiger partial charge in [-0.1, -0.05) is 48.5 Å². The number of carboxylic acid groups (broad SMARTS) is 1. The van der Waals surface area contributed by atoms with Crippen molar-refractivity contribution in [2.24, 2.45) is 0 Å². The molecular formula is C22H24N2O5. The van der Waals surface area contributed by atoms with E-state index in [4.69, 9.17) is 9.84 Å². The maximum absolute atomic E-state index is 12.2. The molecule has 0 radical (unpaired) electrons. The van der Waals surface area contributed by atoms with E-state index in [1.807, 2.05) is 36.4 Å². The van der Waals surface area contributed by atoms with E-state index < -0.39 is 30.1 Å². The highest BCUT2D eigenvalue weighted by Gasteiger charge is 2.29. The molecule has 2 atom stereocenters. The van der Waals surface area contributed by atoms with Crippen LogP contribution in [0.15, 0.2) is 48.5 Å². The lowest BCUT2D eigenvalue weighted by molar-refractivity contribution is -0.137. The van der Waals surface area contributed by atoms with Gasteiger partial charge in [-0.05, 0) is 36.1 Å². The van der Waals surface area contributed by atoms with Gasteiger partial charge >= 0.3 is 12.1 Å². The zero-order valence-electron chi connectivity index (χ0n) is 16.3. The zero-order chi connectivity index (χ0) is 21.0. The molecule has 2 aromatic carbocycles. The molecule has 1 aliphatic rings. The molecule has 29 heavy (non-hydrogen) atoms. The molecule has 0 fully saturated rings. The van der Waals surface area contributed by atoms with Crippen LogP contribution in [0.25, 0.3) is 11.1 Å². The van der Waals surface area contributed by atoms with Crippen LogP contribution in [0.2, 0.25) is 0 Å². The average molecular weight is 396 g/mol. The van der Waals surface area contributed by atoms with Gasteiger partial charge in [0, 0.05) is 12.0 Å². The van der Waals surface area contributed by atoms with Gasteiger partial charge < -0.3 is 20.5 Å². The Kier molecular flexibility index (Phi) is 6.16. The predicted octanol–water partition coefficient (Wildman–Crippen LogP) is 2.89. The second kappa shape index (κ2) is 8.77. The van der Waals surface area contributed by atoms with Crippen molar-refractivity contribution in [3.8, 4) is 11.1 Å². The number of carboxylic acids is 1. The fourth-order valence-electron chi connectivity index (χ4n) is 3.56. The average Bonchev–Trinajstić information content (AvgIpc) is 2.99. The van der Waals surface area contributed by atoms with Crippen LogP contribution in [-0.4, -0.2) is 41.8 Å². The molecule has 3 N–H and O–H groups in total. The Morgan fingerprint density at radius 2 is 1.52 bits per heavy atom. The topological polar surface area (TPSA) is 105 Å². The van der Waals surface area contributed by atoms with E-state index >= 15 is 0 Å². The van der Waals surface area contributed by atoms with Gasteiger partial charge in [0.1, 0.15) is 12.6 Å². The highest BCUT2D eigenvalue weighted by atomic mass is 16.5. The molecule has 1 aliphatic carbocycles. The van der Waals surface area contributed by atoms with Gasteiger partial charge in [-0.2, -0.15) is 0 Å². The first-order valence-corrected chi connectivity index (χ1v) is 9.50. The summed E-state index contributed by atoms with van der Waals surface area (Å²) in [5.74, 6) is -1.53. The molecule has 7 nitrogen and oxygen atoms in total. The number of carbonyl (C=O) groups is 3. The Balaban J connectivity index is 1.57. The van der Waals surface area contributed by atoms with Gasteiger partial charge in [0.15, 0.2) is 0 Å². The summed E-state index contributed by atoms with van der Waals surface area (Å²) >= 11 is 0. The number of benzene rings is 2. The molecule has 0 heterocycles. The van der Waals surface area contributed by atoms with Crippen LogP contribution in [-0.2, 0) is 14.3 Å². The summed E-state index contributed by atoms with van der Waals surface area (Å²) < 4.78 is 5.41. The van der Waals surface area contributed by atoms with Crippen molar-refractivity contribution < 1.29 is 24.2 Å². The minimum atomic E-state index is -1.00. The van der Waals surface area contributed by atoms with Gasteiger partial charge in [-0.25, -0.2) is 4.79 Å². The third kappa shape index (κ3) is 4.74. The van der Waals surface area contributed by atoms with E-state index in [1.165, 1.54) is 6.92 Å². The van der Waals surface area contributed by atoms with Crippen molar-refractivity contribution in [2.75, 3.05) is 6.61 Å². The van der Waals surface area contributed by atoms with Gasteiger partial charge in [-0.15, -0.1) is 0 Å². The van der Waals surface area contributed by atoms with Crippen molar-refractivity contribution in [1.29, 1.82) is 0 Å². The van der Waals surface area contributed by atoms with Crippen LogP contribution in [0.5, 0.6) is 0 Å². The fourth-order valence-corrected chi connectivity index (χ4v) is 3.56. The van der Waals surface area contributed by atoms with Crippen molar-refractivity contribution in [3.05, 3.63) is 59.7 Å². The molecule has 7 heteroatoms. The molecule has 2 amide bonds. The van der Waals surface area contributed by atoms with Gasteiger partial charge in [0.2, 0.25) is 5.91 Å². The Morgan fingerprint density at radius 3 is 2.07 bits per heavy atom. The zero-order valence-corrected chi connectivity index (χ0v) is 16.3. The van der Waals surface area contributed by atoms with E-state index in [2.05, 4.69) is 22.8 Å². The summed E-state index contributed by atoms with van der Waals surface area (Å²) in [6, 6.07) is 14.7. The van der Waals surface area contributed by atoms with Crippen LogP contribution >= 0.6 is 0 Å². The van der Waals surface area contributed by atoms with E-state index in [1.54, 1.807) is 6.92 Å². The van der Waals surface area contributed by atoms with Gasteiger partial charge in [0.25, 0.3) is 0 Å². The van der Waals surface area contributed by atoms with E-state index in [-0.39, 0.29) is 18.9 Å². The number of hydrogen-bond donors (Lipinski definition) is 3. The van der Waals surface area contributed by atoms with E-state index in [9.17, 15) is 14.4 Å². The molecule has 152 valence electrons. The lowest BCUT2D eigenvalue weighted by Gasteiger charge is -2.18. The maximum atomic E-state index is 12.2. The van der Waals surface area contributed by atoms with Crippen LogP contribution in [0.3, 0.4) is 0 Å². The third-order valence-electron chi connectivity index (χ3n) is 4.94. The number of aliphatic carboxylic acids is 1. The Hall–Kier alpha value is -3.35. The molecule has 3 rings (SSSR count). The first-order chi connectivity index (χ1) is 13.9. The smallest absolute Gasteiger partial charge is 0.407 e. The van der Waals surface area contributed by atoms with Crippen molar-refractivity contribution in [3.63, 3.8) is 0 Å². The molecule has 0 saturated heterocycles. The van der Waals surface area contributed by atoms with E-state index in [0.717, 1.165) is 22.3 Å². The molecule has 0 bridgehead atoms. The SMILES string of the molecule is CC(CC(=O)O)NC(=O)[C@@H](C)NC(=O)OCC1c2ccccc2-c2ccccc21. The number of amides is 2. The fraction of sp³-hybridized carbons (Fsp3) is 0.318. The number of hydrogen-bond acceptors (Lipinski definition) is 4. The molecule has 0 aromatic heterocycles. The summed E-state index contributed by atoms with van der Waals surface area (Å²) in [6.45, 7) is 3.26. The molecule has 0 saturated carbocycles. The highest BCUT2D eigenvalue weighted by Crippen LogP contribution is 2.44. The van der Waals surface area contributed by atoms with E-state index in [0.29, 0.717) is 0 Å². The number of rotatable bonds is 7. The summed E-state index contributed by atoms with van der Waals surface area (Å²) in [5, 5.41) is 13.8. The normalized spacial score (nSPS) is 14.3. The summed E-state index contributed by atoms with van der Waals surface area (Å²) in [7, 11) is 0. The molecule has 2 aromatic rings. The third-order valence-corrected chi connectivity index (χ3v) is 4.94. The highest BCUT2D eigenvalue weighted by molar-refractivity contribution is 5.86. The Labute approximate surface area is 169 Å². The van der Waals surface area contributed by atoms with Gasteiger partial charge in [0.05, 0.1) is 6.42 Å². The van der Waals surface area contributed by atoms with Crippen LogP contribution < -0.4 is 10.6 Å². The summed E-state index contributed by atoms with van der Waals surface area (Å²) in [4.78, 5) is 35.0. The quantitative estimate of drug-likeness (QED) is 0.667. The molecule has 0 spiro atoms. The monoisotopic (exact) mass is 396 g/mol. The van der Waals surface area contributed by atoms with Crippen molar-refractivity contribution in [1.82, 2.24) is 10.6 Å². The number of fused-ring (bicyclic) bond motifs is 3. The van der Waals surface area contributed by atoms with Crippen LogP contribution in [0, 0.1) is 0 Å². The minimum absolute atomic E-state index is 0.0622. The lowest BCUT2D eigenvalue weighted by Crippen LogP contribution is -2.48. The second-order valence-corrected chi connectivity index (χ2v) is 7.20. The minimum Gasteiger partial charge on any atom is -0.481 e. The Morgan fingerprint density at radius 1 is 0.966 bits per heavy atom. The van der Waals surface area contributed by atoms with Crippen LogP contribution in [0.4, 0.5) is 4.79 Å². The number of alkyl carbamates (subject to hydrolysis) is 1. The first kappa shape index (κ1) is 20.4. The Bertz CT molecular complexity index is 881. The molecular weight excluding hydrogens is 372 g/mol. The summed E-state index contributed by atoms with van der Waals surface area (Å²) in [5.41, 5.74) is 4.49. The molecule has 1 unspecified atom stereocenters. The standard InChI is InChI=1S/C22H24N2O5/c1-13(11-20(25)26)23-21(27)14(2)24-22(28)29-12-19-17-9-5-3-7-15(17)16-8-4-6-10-18(16)19/h3-10,13-14,19H,11-12H2,1-2H3,(H,23,27)(H,24,28)(H,25,26)/t13?,14-/m1/s1. The number of nitrogens with one attached hydrogen (secondary N) is 2. The van der Waals surface area contributed by atoms with Crippen molar-refractivity contribution >= 4 is 18.0 Å². The number of ether oxygens (including phenoxy) is 1. The first-order valence-electron chi connectivity index (χ1n) is 9.50. The van der Waals surface area contributed by atoms with Crippen molar-refractivity contribution in [2.45, 2.75) is 38.3 Å². The lowest BCUT2D eigenvalue weighted by atomic mass is 9.98. The second-order valence-electron chi connectivity index (χ2n) is 7.20. The predicted molar refractivity (Wildman–Crippen MR) is 108 cm³/mol. The van der Waals surface area contributed by atoms with Crippen LogP contribution in [0.1, 0.15) is 37.3 Å². The number of carbonyl (C=O) groups excluding carboxylic acids is 2. The largest absolute Gasteiger partial charge is 0.481 e. The summed E-state index contributed by atoms with van der Waals surface area (Å²) in [6.07, 6.45) is -0.885. The van der Waals surface area contributed by atoms with Gasteiger partial charge in [-0.3, -0.25) is 9.59 Å². The maximum Gasteiger partial charge on any atom is 0.407 e. The molecule has 0 aliphatic heterocycles.